The molecule has 0 bridgehead atoms. The zero-order valence-corrected chi connectivity index (χ0v) is 10.6. The first-order valence-corrected chi connectivity index (χ1v) is 6.69. The van der Waals surface area contributed by atoms with Gasteiger partial charge in [-0.2, -0.15) is 0 Å². The standard InChI is InChI=1S/C9H13BrN2OS/c1-7(14(2)13)6-12-9-8(10)4-3-5-11-9/h3-5,7H,6H2,1-2H3,(H,11,12). The first kappa shape index (κ1) is 11.7. The van der Waals surface area contributed by atoms with Crippen molar-refractivity contribution in [1.29, 1.82) is 0 Å². The van der Waals surface area contributed by atoms with Gasteiger partial charge in [0.2, 0.25) is 0 Å². The predicted molar refractivity (Wildman–Crippen MR) is 64.0 cm³/mol. The number of nitrogens with one attached hydrogen (secondary N) is 1. The number of rotatable bonds is 4. The Labute approximate surface area is 94.9 Å². The van der Waals surface area contributed by atoms with Gasteiger partial charge in [-0.05, 0) is 35.0 Å². The van der Waals surface area contributed by atoms with Crippen molar-refractivity contribution in [3.05, 3.63) is 22.8 Å². The van der Waals surface area contributed by atoms with Gasteiger partial charge in [-0.1, -0.05) is 0 Å². The molecule has 0 aliphatic rings. The highest BCUT2D eigenvalue weighted by molar-refractivity contribution is 9.10. The van der Waals surface area contributed by atoms with Gasteiger partial charge in [-0.15, -0.1) is 0 Å². The lowest BCUT2D eigenvalue weighted by Gasteiger charge is -2.11. The molecule has 14 heavy (non-hydrogen) atoms. The van der Waals surface area contributed by atoms with E-state index in [4.69, 9.17) is 0 Å². The molecule has 0 amide bonds. The molecule has 78 valence electrons. The summed E-state index contributed by atoms with van der Waals surface area (Å²) in [4.78, 5) is 4.15. The van der Waals surface area contributed by atoms with Crippen molar-refractivity contribution in [3.63, 3.8) is 0 Å². The molecule has 0 aromatic carbocycles. The predicted octanol–water partition coefficient (Wildman–Crippen LogP) is 2.02. The molecule has 0 saturated heterocycles. The smallest absolute Gasteiger partial charge is 0.140 e. The minimum atomic E-state index is -0.796. The SMILES string of the molecule is CC(CNc1ncccc1Br)S(C)=O. The van der Waals surface area contributed by atoms with Gasteiger partial charge >= 0.3 is 0 Å². The molecule has 1 aromatic rings. The monoisotopic (exact) mass is 276 g/mol. The van der Waals surface area contributed by atoms with E-state index in [0.29, 0.717) is 6.54 Å². The molecule has 0 spiro atoms. The van der Waals surface area contributed by atoms with Crippen LogP contribution < -0.4 is 5.32 Å². The molecular weight excluding hydrogens is 264 g/mol. The Morgan fingerprint density at radius 2 is 2.43 bits per heavy atom. The molecule has 1 heterocycles. The Morgan fingerprint density at radius 1 is 1.71 bits per heavy atom. The van der Waals surface area contributed by atoms with Crippen LogP contribution >= 0.6 is 15.9 Å². The van der Waals surface area contributed by atoms with E-state index in [1.165, 1.54) is 0 Å². The third-order valence-corrected chi connectivity index (χ3v) is 3.82. The molecule has 0 saturated carbocycles. The minimum Gasteiger partial charge on any atom is -0.368 e. The normalized spacial score (nSPS) is 14.8. The highest BCUT2D eigenvalue weighted by Gasteiger charge is 2.06. The minimum absolute atomic E-state index is 0.129. The van der Waals surface area contributed by atoms with Gasteiger partial charge < -0.3 is 5.32 Å². The lowest BCUT2D eigenvalue weighted by atomic mass is 10.4. The second kappa shape index (κ2) is 5.46. The van der Waals surface area contributed by atoms with E-state index in [2.05, 4.69) is 26.2 Å². The van der Waals surface area contributed by atoms with E-state index in [1.54, 1.807) is 12.5 Å². The van der Waals surface area contributed by atoms with Crippen LogP contribution in [-0.4, -0.2) is 27.2 Å². The number of pyridine rings is 1. The van der Waals surface area contributed by atoms with E-state index in [0.717, 1.165) is 10.3 Å². The maximum atomic E-state index is 11.1. The van der Waals surface area contributed by atoms with Crippen LogP contribution in [0.3, 0.4) is 0 Å². The van der Waals surface area contributed by atoms with Crippen LogP contribution in [0.25, 0.3) is 0 Å². The summed E-state index contributed by atoms with van der Waals surface area (Å²) >= 11 is 3.38. The Bertz CT molecular complexity index is 332. The zero-order chi connectivity index (χ0) is 10.6. The topological polar surface area (TPSA) is 42.0 Å². The number of hydrogen-bond donors (Lipinski definition) is 1. The molecule has 5 heteroatoms. The third kappa shape index (κ3) is 3.38. The van der Waals surface area contributed by atoms with E-state index in [-0.39, 0.29) is 5.25 Å². The van der Waals surface area contributed by atoms with Crippen molar-refractivity contribution in [1.82, 2.24) is 4.98 Å². The van der Waals surface area contributed by atoms with Crippen LogP contribution in [0.4, 0.5) is 5.82 Å². The highest BCUT2D eigenvalue weighted by atomic mass is 79.9. The number of nitrogens with zero attached hydrogens (tertiary/aromatic N) is 1. The van der Waals surface area contributed by atoms with E-state index in [1.807, 2.05) is 19.1 Å². The van der Waals surface area contributed by atoms with Gasteiger partial charge in [0.1, 0.15) is 5.82 Å². The molecule has 1 N–H and O–H groups in total. The summed E-state index contributed by atoms with van der Waals surface area (Å²) in [6.07, 6.45) is 3.43. The zero-order valence-electron chi connectivity index (χ0n) is 8.16. The molecule has 0 aliphatic heterocycles. The van der Waals surface area contributed by atoms with Gasteiger partial charge in [0, 0.05) is 35.0 Å². The average molecular weight is 277 g/mol. The summed E-state index contributed by atoms with van der Waals surface area (Å²) in [5, 5.41) is 3.27. The molecule has 1 aromatic heterocycles. The Hall–Kier alpha value is -0.420. The maximum absolute atomic E-state index is 11.1. The summed E-state index contributed by atoms with van der Waals surface area (Å²) in [6, 6.07) is 3.78. The second-order valence-corrected chi connectivity index (χ2v) is 5.68. The van der Waals surface area contributed by atoms with Crippen molar-refractivity contribution in [2.24, 2.45) is 0 Å². The van der Waals surface area contributed by atoms with Crippen LogP contribution in [0.5, 0.6) is 0 Å². The number of hydrogen-bond acceptors (Lipinski definition) is 3. The summed E-state index contributed by atoms with van der Waals surface area (Å²) < 4.78 is 12.0. The van der Waals surface area contributed by atoms with Crippen molar-refractivity contribution < 1.29 is 4.21 Å². The molecular formula is C9H13BrN2OS. The molecule has 2 atom stereocenters. The second-order valence-electron chi connectivity index (χ2n) is 3.02. The first-order chi connectivity index (χ1) is 6.61. The summed E-state index contributed by atoms with van der Waals surface area (Å²) in [5.74, 6) is 0.796. The van der Waals surface area contributed by atoms with E-state index >= 15 is 0 Å². The maximum Gasteiger partial charge on any atom is 0.140 e. The lowest BCUT2D eigenvalue weighted by molar-refractivity contribution is 0.679. The van der Waals surface area contributed by atoms with E-state index in [9.17, 15) is 4.21 Å². The van der Waals surface area contributed by atoms with Crippen LogP contribution in [-0.2, 0) is 10.8 Å². The fraction of sp³-hybridized carbons (Fsp3) is 0.444. The first-order valence-electron chi connectivity index (χ1n) is 4.28. The van der Waals surface area contributed by atoms with Gasteiger partial charge in [0.15, 0.2) is 0 Å². The van der Waals surface area contributed by atoms with Gasteiger partial charge in [0.25, 0.3) is 0 Å². The summed E-state index contributed by atoms with van der Waals surface area (Å²) in [5.41, 5.74) is 0. The van der Waals surface area contributed by atoms with Gasteiger partial charge in [-0.3, -0.25) is 4.21 Å². The lowest BCUT2D eigenvalue weighted by Crippen LogP contribution is -2.21. The van der Waals surface area contributed by atoms with Crippen LogP contribution in [0, 0.1) is 0 Å². The number of aromatic nitrogens is 1. The fourth-order valence-corrected chi connectivity index (χ4v) is 1.59. The Balaban J connectivity index is 2.54. The van der Waals surface area contributed by atoms with Crippen molar-refractivity contribution in [3.8, 4) is 0 Å². The Kier molecular flexibility index (Phi) is 4.54. The molecule has 0 fully saturated rings. The highest BCUT2D eigenvalue weighted by Crippen LogP contribution is 2.18. The molecule has 0 radical (unpaired) electrons. The van der Waals surface area contributed by atoms with Crippen LogP contribution in [0.1, 0.15) is 6.92 Å². The summed E-state index contributed by atoms with van der Waals surface area (Å²) in [6.45, 7) is 2.61. The van der Waals surface area contributed by atoms with Gasteiger partial charge in [0.05, 0.1) is 4.47 Å². The van der Waals surface area contributed by atoms with Crippen LogP contribution in [0.15, 0.2) is 22.8 Å². The third-order valence-electron chi connectivity index (χ3n) is 1.88. The number of anilines is 1. The summed E-state index contributed by atoms with van der Waals surface area (Å²) in [7, 11) is -0.796. The molecule has 2 unspecified atom stereocenters. The molecule has 1 rings (SSSR count). The fourth-order valence-electron chi connectivity index (χ4n) is 0.874. The Morgan fingerprint density at radius 3 is 3.00 bits per heavy atom. The largest absolute Gasteiger partial charge is 0.368 e. The number of halogens is 1. The van der Waals surface area contributed by atoms with Crippen LogP contribution in [0.2, 0.25) is 0 Å². The van der Waals surface area contributed by atoms with Crippen molar-refractivity contribution in [2.45, 2.75) is 12.2 Å². The quantitative estimate of drug-likeness (QED) is 0.915. The van der Waals surface area contributed by atoms with Crippen molar-refractivity contribution >= 4 is 32.5 Å². The molecule has 3 nitrogen and oxygen atoms in total. The van der Waals surface area contributed by atoms with E-state index < -0.39 is 10.8 Å². The van der Waals surface area contributed by atoms with Crippen molar-refractivity contribution in [2.75, 3.05) is 18.1 Å². The van der Waals surface area contributed by atoms with Gasteiger partial charge in [-0.25, -0.2) is 4.98 Å². The molecule has 0 aliphatic carbocycles. The average Bonchev–Trinajstić information content (AvgIpc) is 2.16.